The van der Waals surface area contributed by atoms with E-state index in [-0.39, 0.29) is 0 Å². The zero-order chi connectivity index (χ0) is 8.39. The van der Waals surface area contributed by atoms with Gasteiger partial charge in [-0.1, -0.05) is 0 Å². The van der Waals surface area contributed by atoms with Crippen LogP contribution < -0.4 is 0 Å². The van der Waals surface area contributed by atoms with Crippen LogP contribution in [0.4, 0.5) is 0 Å². The molecule has 2 rings (SSSR count). The second-order valence-corrected chi connectivity index (χ2v) is 6.25. The molecule has 1 aromatic rings. The fourth-order valence-electron chi connectivity index (χ4n) is 1.04. The quantitative estimate of drug-likeness (QED) is 0.555. The molecule has 1 aliphatic rings. The number of aliphatic imine (C=N–C) groups is 1. The van der Waals surface area contributed by atoms with Gasteiger partial charge in [-0.3, -0.25) is 0 Å². The van der Waals surface area contributed by atoms with Crippen molar-refractivity contribution < 1.29 is 0 Å². The van der Waals surface area contributed by atoms with Crippen molar-refractivity contribution in [2.24, 2.45) is 4.99 Å². The van der Waals surface area contributed by atoms with E-state index in [0.717, 1.165) is 4.61 Å². The number of hydrogen-bond acceptors (Lipinski definition) is 1. The molecule has 0 atom stereocenters. The van der Waals surface area contributed by atoms with Crippen molar-refractivity contribution >= 4 is 40.8 Å². The van der Waals surface area contributed by atoms with E-state index in [1.165, 1.54) is 9.29 Å². The van der Waals surface area contributed by atoms with Crippen LogP contribution in [0.5, 0.6) is 0 Å². The number of rotatable bonds is 1. The molecule has 1 aliphatic heterocycles. The van der Waals surface area contributed by atoms with Gasteiger partial charge in [-0.05, 0) is 0 Å². The van der Waals surface area contributed by atoms with E-state index in [1.54, 1.807) is 0 Å². The van der Waals surface area contributed by atoms with Gasteiger partial charge in [-0.15, -0.1) is 0 Å². The molecule has 0 saturated carbocycles. The zero-order valence-electron chi connectivity index (χ0n) is 6.29. The van der Waals surface area contributed by atoms with Crippen LogP contribution in [-0.4, -0.2) is 24.9 Å². The summed E-state index contributed by atoms with van der Waals surface area (Å²) >= 11 is 2.88. The van der Waals surface area contributed by atoms with Crippen molar-refractivity contribution in [3.05, 3.63) is 44.6 Å². The molecular formula is C9H6BrNSn. The van der Waals surface area contributed by atoms with Crippen molar-refractivity contribution in [3.8, 4) is 0 Å². The van der Waals surface area contributed by atoms with E-state index in [1.807, 2.05) is 6.07 Å². The molecule has 1 heterocycles. The van der Waals surface area contributed by atoms with Crippen LogP contribution in [0.3, 0.4) is 0 Å². The Bertz CT molecular complexity index is 343. The third-order valence-corrected chi connectivity index (χ3v) is 6.32. The SMILES string of the molecule is BrC1=[CH][Sn][C](c2ccccc2)=N1. The average Bonchev–Trinajstić information content (AvgIpc) is 2.54. The first kappa shape index (κ1) is 8.50. The van der Waals surface area contributed by atoms with Crippen molar-refractivity contribution in [2.45, 2.75) is 0 Å². The molecule has 0 spiro atoms. The van der Waals surface area contributed by atoms with Crippen molar-refractivity contribution in [2.75, 3.05) is 0 Å². The van der Waals surface area contributed by atoms with E-state index in [9.17, 15) is 0 Å². The molecule has 0 bridgehead atoms. The third-order valence-electron chi connectivity index (χ3n) is 1.59. The van der Waals surface area contributed by atoms with Gasteiger partial charge >= 0.3 is 90.4 Å². The van der Waals surface area contributed by atoms with Crippen LogP contribution in [0.2, 0.25) is 0 Å². The van der Waals surface area contributed by atoms with Gasteiger partial charge in [0, 0.05) is 0 Å². The molecule has 0 unspecified atom stereocenters. The zero-order valence-corrected chi connectivity index (χ0v) is 10.7. The van der Waals surface area contributed by atoms with E-state index in [0.29, 0.717) is 0 Å². The number of nitrogens with zero attached hydrogens (tertiary/aromatic N) is 1. The molecular weight excluding hydrogens is 321 g/mol. The fraction of sp³-hybridized carbons (Fsp3) is 0. The molecule has 0 saturated heterocycles. The minimum absolute atomic E-state index is 0.512. The maximum atomic E-state index is 4.43. The predicted molar refractivity (Wildman–Crippen MR) is 55.7 cm³/mol. The van der Waals surface area contributed by atoms with Gasteiger partial charge in [-0.25, -0.2) is 0 Å². The van der Waals surface area contributed by atoms with Gasteiger partial charge < -0.3 is 0 Å². The molecule has 2 radical (unpaired) electrons. The molecule has 3 heteroatoms. The van der Waals surface area contributed by atoms with Crippen molar-refractivity contribution in [3.63, 3.8) is 0 Å². The number of halogens is 1. The Morgan fingerprint density at radius 3 is 2.50 bits per heavy atom. The second-order valence-electron chi connectivity index (χ2n) is 2.44. The Morgan fingerprint density at radius 2 is 1.92 bits per heavy atom. The Balaban J connectivity index is 2.30. The Kier molecular flexibility index (Phi) is 2.65. The summed E-state index contributed by atoms with van der Waals surface area (Å²) in [4.78, 5) is 4.43. The summed E-state index contributed by atoms with van der Waals surface area (Å²) in [7, 11) is 0. The predicted octanol–water partition coefficient (Wildman–Crippen LogP) is 2.34. The van der Waals surface area contributed by atoms with Gasteiger partial charge in [0.15, 0.2) is 0 Å². The summed E-state index contributed by atoms with van der Waals surface area (Å²) in [6, 6.07) is 10.4. The molecule has 1 nitrogen and oxygen atoms in total. The molecule has 58 valence electrons. The first-order chi connectivity index (χ1) is 5.86. The Hall–Kier alpha value is -0.0913. The van der Waals surface area contributed by atoms with E-state index in [2.05, 4.69) is 49.3 Å². The summed E-state index contributed by atoms with van der Waals surface area (Å²) in [5.74, 6) is 0. The van der Waals surface area contributed by atoms with Crippen LogP contribution in [0.1, 0.15) is 5.56 Å². The molecule has 0 N–H and O–H groups in total. The van der Waals surface area contributed by atoms with Crippen LogP contribution in [0, 0.1) is 0 Å². The summed E-state index contributed by atoms with van der Waals surface area (Å²) in [6.45, 7) is 0. The van der Waals surface area contributed by atoms with Gasteiger partial charge in [0.25, 0.3) is 0 Å². The average molecular weight is 327 g/mol. The first-order valence-corrected chi connectivity index (χ1v) is 7.49. The van der Waals surface area contributed by atoms with Crippen molar-refractivity contribution in [1.29, 1.82) is 0 Å². The summed E-state index contributed by atoms with van der Waals surface area (Å²) < 4.78 is 4.57. The van der Waals surface area contributed by atoms with E-state index >= 15 is 0 Å². The van der Waals surface area contributed by atoms with Gasteiger partial charge in [0.05, 0.1) is 0 Å². The van der Waals surface area contributed by atoms with E-state index < -0.39 is 21.1 Å². The molecule has 12 heavy (non-hydrogen) atoms. The summed E-state index contributed by atoms with van der Waals surface area (Å²) in [5, 5.41) is 0. The maximum absolute atomic E-state index is 4.43. The topological polar surface area (TPSA) is 12.4 Å². The molecule has 0 amide bonds. The minimum atomic E-state index is -0.512. The summed E-state index contributed by atoms with van der Waals surface area (Å²) in [6.07, 6.45) is 0. The summed E-state index contributed by atoms with van der Waals surface area (Å²) in [5.41, 5.74) is 1.29. The van der Waals surface area contributed by atoms with Crippen molar-refractivity contribution in [1.82, 2.24) is 0 Å². The second kappa shape index (κ2) is 3.75. The number of hydrogen-bond donors (Lipinski definition) is 0. The first-order valence-electron chi connectivity index (χ1n) is 3.62. The number of benzene rings is 1. The van der Waals surface area contributed by atoms with Crippen LogP contribution in [-0.2, 0) is 0 Å². The molecule has 0 aliphatic carbocycles. The Morgan fingerprint density at radius 1 is 1.17 bits per heavy atom. The van der Waals surface area contributed by atoms with Crippen LogP contribution in [0.15, 0.2) is 44.0 Å². The molecule has 0 fully saturated rings. The van der Waals surface area contributed by atoms with Crippen LogP contribution in [0.25, 0.3) is 0 Å². The standard InChI is InChI=1S/C9H6BrN.Sn/c1-8(10)11-7-9-5-3-2-4-6-9;/h1-6H;. The Labute approximate surface area is 89.9 Å². The van der Waals surface area contributed by atoms with Gasteiger partial charge in [-0.2, -0.15) is 0 Å². The monoisotopic (exact) mass is 327 g/mol. The molecule has 0 aromatic heterocycles. The molecule has 1 aromatic carbocycles. The third kappa shape index (κ3) is 1.80. The van der Waals surface area contributed by atoms with Crippen LogP contribution >= 0.6 is 15.9 Å². The van der Waals surface area contributed by atoms with Gasteiger partial charge in [0.2, 0.25) is 0 Å². The van der Waals surface area contributed by atoms with E-state index in [4.69, 9.17) is 0 Å². The van der Waals surface area contributed by atoms with Gasteiger partial charge in [0.1, 0.15) is 0 Å². The fourth-order valence-corrected chi connectivity index (χ4v) is 4.85. The normalized spacial score (nSPS) is 15.8.